The Morgan fingerprint density at radius 3 is 2.17 bits per heavy atom. The van der Waals surface area contributed by atoms with E-state index in [4.69, 9.17) is 0 Å². The Balaban J connectivity index is 1.63. The summed E-state index contributed by atoms with van der Waals surface area (Å²) in [6.07, 6.45) is -5.41. The van der Waals surface area contributed by atoms with Crippen molar-refractivity contribution in [3.8, 4) is 17.1 Å². The number of anilines is 1. The number of nitrogens with one attached hydrogen (secondary N) is 2. The third-order valence-electron chi connectivity index (χ3n) is 6.04. The summed E-state index contributed by atoms with van der Waals surface area (Å²) in [6.45, 7) is 4.16. The van der Waals surface area contributed by atoms with Crippen LogP contribution in [0.2, 0.25) is 0 Å². The Bertz CT molecular complexity index is 1330. The molecule has 190 valence electrons. The minimum atomic E-state index is -4.72. The number of benzene rings is 2. The third-order valence-corrected chi connectivity index (χ3v) is 6.04. The van der Waals surface area contributed by atoms with Gasteiger partial charge in [0.05, 0.1) is 5.69 Å². The summed E-state index contributed by atoms with van der Waals surface area (Å²) in [7, 11) is 0. The van der Waals surface area contributed by atoms with Crippen LogP contribution in [0, 0.1) is 24.0 Å². The minimum absolute atomic E-state index is 0.191. The van der Waals surface area contributed by atoms with Crippen molar-refractivity contribution in [2.75, 3.05) is 5.32 Å². The molecule has 0 bridgehead atoms. The monoisotopic (exact) mass is 507 g/mol. The fourth-order valence-electron chi connectivity index (χ4n) is 3.66. The Morgan fingerprint density at radius 2 is 1.61 bits per heavy atom. The average Bonchev–Trinajstić information content (AvgIpc) is 3.51. The van der Waals surface area contributed by atoms with E-state index in [0.29, 0.717) is 16.8 Å². The standard InChI is InChI=1S/C24H22F5N5O2/c1-13-12-16(26)8-9-17(13)34-18(14-4-6-15(25)7-5-14)30-21(33-34)31-19(35)22(2,3)32-20(36)23(10-11-23)24(27,28)29/h4-9,12H,10-11H2,1-3H3,(H,32,36)(H,31,33,35). The highest BCUT2D eigenvalue weighted by Gasteiger charge is 2.69. The van der Waals surface area contributed by atoms with Crippen LogP contribution in [-0.4, -0.2) is 38.3 Å². The second kappa shape index (κ2) is 8.68. The summed E-state index contributed by atoms with van der Waals surface area (Å²) < 4.78 is 68.3. The third kappa shape index (κ3) is 4.67. The number of aromatic nitrogens is 3. The van der Waals surface area contributed by atoms with Crippen LogP contribution >= 0.6 is 0 Å². The van der Waals surface area contributed by atoms with Crippen LogP contribution in [0.25, 0.3) is 17.1 Å². The molecule has 1 fully saturated rings. The predicted octanol–water partition coefficient (Wildman–Crippen LogP) is 4.70. The fourth-order valence-corrected chi connectivity index (χ4v) is 3.66. The molecule has 0 atom stereocenters. The molecular formula is C24H22F5N5O2. The maximum absolute atomic E-state index is 13.7. The zero-order chi connectivity index (χ0) is 26.5. The van der Waals surface area contributed by atoms with E-state index in [9.17, 15) is 31.5 Å². The highest BCUT2D eigenvalue weighted by Crippen LogP contribution is 2.57. The van der Waals surface area contributed by atoms with Crippen LogP contribution in [0.3, 0.4) is 0 Å². The van der Waals surface area contributed by atoms with E-state index < -0.39 is 40.6 Å². The van der Waals surface area contributed by atoms with E-state index in [1.54, 1.807) is 6.92 Å². The van der Waals surface area contributed by atoms with Crippen LogP contribution in [0.15, 0.2) is 42.5 Å². The van der Waals surface area contributed by atoms with Gasteiger partial charge in [0.1, 0.15) is 22.6 Å². The second-order valence-corrected chi connectivity index (χ2v) is 9.22. The number of carbonyl (C=O) groups excluding carboxylic acids is 2. The summed E-state index contributed by atoms with van der Waals surface area (Å²) >= 11 is 0. The van der Waals surface area contributed by atoms with Gasteiger partial charge in [-0.3, -0.25) is 14.9 Å². The highest BCUT2D eigenvalue weighted by atomic mass is 19.4. The lowest BCUT2D eigenvalue weighted by Crippen LogP contribution is -2.56. The molecule has 7 nitrogen and oxygen atoms in total. The molecule has 2 N–H and O–H groups in total. The molecule has 0 unspecified atom stereocenters. The van der Waals surface area contributed by atoms with Gasteiger partial charge in [-0.2, -0.15) is 18.2 Å². The molecule has 0 saturated heterocycles. The molecule has 1 heterocycles. The topological polar surface area (TPSA) is 88.9 Å². The summed E-state index contributed by atoms with van der Waals surface area (Å²) in [5.41, 5.74) is -2.86. The van der Waals surface area contributed by atoms with E-state index in [2.05, 4.69) is 20.7 Å². The Morgan fingerprint density at radius 1 is 1.00 bits per heavy atom. The first kappa shape index (κ1) is 25.3. The molecule has 1 aliphatic carbocycles. The molecule has 0 spiro atoms. The van der Waals surface area contributed by atoms with Crippen LogP contribution in [-0.2, 0) is 9.59 Å². The van der Waals surface area contributed by atoms with Crippen molar-refractivity contribution >= 4 is 17.8 Å². The number of halogens is 5. The van der Waals surface area contributed by atoms with Crippen molar-refractivity contribution in [3.05, 3.63) is 59.7 Å². The van der Waals surface area contributed by atoms with Crippen molar-refractivity contribution in [2.24, 2.45) is 5.41 Å². The first-order valence-electron chi connectivity index (χ1n) is 10.9. The maximum Gasteiger partial charge on any atom is 0.403 e. The summed E-state index contributed by atoms with van der Waals surface area (Å²) in [6, 6.07) is 9.23. The smallest absolute Gasteiger partial charge is 0.341 e. The lowest BCUT2D eigenvalue weighted by Gasteiger charge is -2.28. The number of nitrogens with zero attached hydrogens (tertiary/aromatic N) is 3. The molecule has 12 heteroatoms. The number of carbonyl (C=O) groups is 2. The zero-order valence-electron chi connectivity index (χ0n) is 19.5. The summed E-state index contributed by atoms with van der Waals surface area (Å²) in [5, 5.41) is 8.86. The van der Waals surface area contributed by atoms with Gasteiger partial charge in [0.2, 0.25) is 11.9 Å². The first-order valence-corrected chi connectivity index (χ1v) is 10.9. The lowest BCUT2D eigenvalue weighted by molar-refractivity contribution is -0.193. The SMILES string of the molecule is Cc1cc(F)ccc1-n1nc(NC(=O)C(C)(C)NC(=O)C2(C(F)(F)F)CC2)nc1-c1ccc(F)cc1. The van der Waals surface area contributed by atoms with Crippen molar-refractivity contribution in [1.29, 1.82) is 0 Å². The van der Waals surface area contributed by atoms with E-state index in [1.807, 2.05) is 0 Å². The highest BCUT2D eigenvalue weighted by molar-refractivity contribution is 6.00. The molecular weight excluding hydrogens is 485 g/mol. The molecule has 0 radical (unpaired) electrons. The normalized spacial score (nSPS) is 14.9. The molecule has 2 aromatic carbocycles. The Hall–Kier alpha value is -3.83. The van der Waals surface area contributed by atoms with Crippen LogP contribution in [0.4, 0.5) is 27.9 Å². The van der Waals surface area contributed by atoms with E-state index in [0.717, 1.165) is 0 Å². The van der Waals surface area contributed by atoms with Crippen LogP contribution < -0.4 is 10.6 Å². The van der Waals surface area contributed by atoms with Crippen LogP contribution in [0.5, 0.6) is 0 Å². The van der Waals surface area contributed by atoms with Gasteiger partial charge in [0.15, 0.2) is 5.82 Å². The quantitative estimate of drug-likeness (QED) is 0.474. The first-order chi connectivity index (χ1) is 16.7. The van der Waals surface area contributed by atoms with Crippen molar-refractivity contribution < 1.29 is 31.5 Å². The number of hydrogen-bond donors (Lipinski definition) is 2. The molecule has 4 rings (SSSR count). The molecule has 36 heavy (non-hydrogen) atoms. The van der Waals surface area contributed by atoms with Gasteiger partial charge >= 0.3 is 6.18 Å². The minimum Gasteiger partial charge on any atom is -0.341 e. The maximum atomic E-state index is 13.7. The Kier molecular flexibility index (Phi) is 6.09. The fraction of sp³-hybridized carbons (Fsp3) is 0.333. The number of rotatable bonds is 6. The second-order valence-electron chi connectivity index (χ2n) is 9.22. The number of aryl methyl sites for hydroxylation is 1. The average molecular weight is 507 g/mol. The van der Waals surface area contributed by atoms with Gasteiger partial charge in [0.25, 0.3) is 5.91 Å². The number of alkyl halides is 3. The Labute approximate surface area is 202 Å². The van der Waals surface area contributed by atoms with E-state index >= 15 is 0 Å². The van der Waals surface area contributed by atoms with Crippen LogP contribution in [0.1, 0.15) is 32.3 Å². The summed E-state index contributed by atoms with van der Waals surface area (Å²) in [4.78, 5) is 29.6. The van der Waals surface area contributed by atoms with Gasteiger partial charge in [-0.05, 0) is 81.6 Å². The van der Waals surface area contributed by atoms with E-state index in [1.165, 1.54) is 61.0 Å². The van der Waals surface area contributed by atoms with Gasteiger partial charge < -0.3 is 5.32 Å². The van der Waals surface area contributed by atoms with Crippen molar-refractivity contribution in [1.82, 2.24) is 20.1 Å². The molecule has 0 aliphatic heterocycles. The predicted molar refractivity (Wildman–Crippen MR) is 120 cm³/mol. The summed E-state index contributed by atoms with van der Waals surface area (Å²) in [5.74, 6) is -3.12. The zero-order valence-corrected chi connectivity index (χ0v) is 19.5. The number of hydrogen-bond acceptors (Lipinski definition) is 4. The molecule has 2 amide bonds. The number of amides is 2. The molecule has 1 aliphatic rings. The van der Waals surface area contributed by atoms with Crippen molar-refractivity contribution in [3.63, 3.8) is 0 Å². The largest absolute Gasteiger partial charge is 0.403 e. The van der Waals surface area contributed by atoms with Gasteiger partial charge in [-0.1, -0.05) is 0 Å². The molecule has 1 aromatic heterocycles. The molecule has 3 aromatic rings. The van der Waals surface area contributed by atoms with Gasteiger partial charge in [-0.25, -0.2) is 13.5 Å². The van der Waals surface area contributed by atoms with Gasteiger partial charge in [-0.15, -0.1) is 5.10 Å². The molecule has 1 saturated carbocycles. The van der Waals surface area contributed by atoms with E-state index in [-0.39, 0.29) is 24.6 Å². The van der Waals surface area contributed by atoms with Gasteiger partial charge in [0, 0.05) is 5.56 Å². The lowest BCUT2D eigenvalue weighted by atomic mass is 9.99. The van der Waals surface area contributed by atoms with Crippen molar-refractivity contribution in [2.45, 2.75) is 45.3 Å².